The van der Waals surface area contributed by atoms with E-state index < -0.39 is 0 Å². The number of rotatable bonds is 12. The zero-order chi connectivity index (χ0) is 19.2. The second kappa shape index (κ2) is 13.6. The lowest BCUT2D eigenvalue weighted by Crippen LogP contribution is -2.22. The van der Waals surface area contributed by atoms with Gasteiger partial charge in [-0.3, -0.25) is 0 Å². The zero-order valence-electron chi connectivity index (χ0n) is 17.5. The van der Waals surface area contributed by atoms with Crippen molar-refractivity contribution in [1.82, 2.24) is 0 Å². The largest absolute Gasteiger partial charge is 0.379 e. The smallest absolute Gasteiger partial charge is 0.122 e. The maximum atomic E-state index is 10.3. The maximum absolute atomic E-state index is 10.3. The van der Waals surface area contributed by atoms with Crippen LogP contribution in [0.4, 0.5) is 0 Å². The molecule has 24 heavy (non-hydrogen) atoms. The Hall–Kier alpha value is -0.670. The molecule has 0 rings (SSSR count). The van der Waals surface area contributed by atoms with Crippen molar-refractivity contribution in [2.24, 2.45) is 11.8 Å². The summed E-state index contributed by atoms with van der Waals surface area (Å²) < 4.78 is 10.6. The Labute approximate surface area is 151 Å². The van der Waals surface area contributed by atoms with Gasteiger partial charge in [-0.1, -0.05) is 26.3 Å². The highest BCUT2D eigenvalue weighted by molar-refractivity contribution is 5.52. The average Bonchev–Trinajstić information content (AvgIpc) is 2.54. The molecule has 0 aliphatic heterocycles. The molecule has 0 aromatic rings. The molecule has 0 fully saturated rings. The van der Waals surface area contributed by atoms with Crippen molar-refractivity contribution in [3.8, 4) is 0 Å². The Morgan fingerprint density at radius 1 is 0.875 bits per heavy atom. The summed E-state index contributed by atoms with van der Waals surface area (Å²) in [6, 6.07) is 0. The number of ether oxygens (including phenoxy) is 2. The molecule has 0 amide bonds. The number of aldehydes is 1. The van der Waals surface area contributed by atoms with E-state index in [9.17, 15) is 4.79 Å². The Morgan fingerprint density at radius 3 is 1.54 bits per heavy atom. The predicted molar refractivity (Wildman–Crippen MR) is 104 cm³/mol. The lowest BCUT2D eigenvalue weighted by atomic mass is 9.97. The molecular formula is C21H42O3. The van der Waals surface area contributed by atoms with Gasteiger partial charge < -0.3 is 14.3 Å². The molecule has 144 valence electrons. The van der Waals surface area contributed by atoms with Crippen molar-refractivity contribution in [3.63, 3.8) is 0 Å². The molecule has 0 spiro atoms. The van der Waals surface area contributed by atoms with Crippen molar-refractivity contribution in [1.29, 1.82) is 0 Å². The Kier molecular flexibility index (Phi) is 14.5. The molecule has 0 aromatic heterocycles. The van der Waals surface area contributed by atoms with E-state index in [-0.39, 0.29) is 17.1 Å². The van der Waals surface area contributed by atoms with E-state index >= 15 is 0 Å². The van der Waals surface area contributed by atoms with Gasteiger partial charge in [-0.2, -0.15) is 0 Å². The molecule has 0 N–H and O–H groups in total. The van der Waals surface area contributed by atoms with Crippen LogP contribution in [-0.4, -0.2) is 31.7 Å². The van der Waals surface area contributed by atoms with Crippen LogP contribution in [0.5, 0.6) is 0 Å². The molecule has 2 atom stereocenters. The molecule has 0 aliphatic carbocycles. The SMILES string of the molecule is C=CC(C)CCCC(C)(C)OC.COC(C)(C)CCCC(C)C=O. The van der Waals surface area contributed by atoms with E-state index in [1.165, 1.54) is 12.8 Å². The molecule has 3 nitrogen and oxygen atoms in total. The van der Waals surface area contributed by atoms with E-state index in [1.54, 1.807) is 14.2 Å². The molecule has 0 radical (unpaired) electrons. The van der Waals surface area contributed by atoms with Gasteiger partial charge in [0.25, 0.3) is 0 Å². The number of hydrogen-bond acceptors (Lipinski definition) is 3. The third-order valence-electron chi connectivity index (χ3n) is 4.62. The quantitative estimate of drug-likeness (QED) is 0.331. The Bertz CT molecular complexity index is 289. The number of carbonyl (C=O) groups excluding carboxylic acids is 1. The second-order valence-electron chi connectivity index (χ2n) is 8.04. The van der Waals surface area contributed by atoms with E-state index in [1.807, 2.05) is 13.0 Å². The predicted octanol–water partition coefficient (Wildman–Crippen LogP) is 5.82. The summed E-state index contributed by atoms with van der Waals surface area (Å²) in [6.45, 7) is 16.3. The third-order valence-corrected chi connectivity index (χ3v) is 4.62. The molecule has 0 aliphatic rings. The van der Waals surface area contributed by atoms with Crippen molar-refractivity contribution in [2.75, 3.05) is 14.2 Å². The van der Waals surface area contributed by atoms with Gasteiger partial charge in [0.15, 0.2) is 0 Å². The minimum atomic E-state index is -0.0391. The van der Waals surface area contributed by atoms with Crippen LogP contribution < -0.4 is 0 Å². The normalized spacial score (nSPS) is 14.3. The first-order valence-electron chi connectivity index (χ1n) is 9.21. The first-order chi connectivity index (χ1) is 11.0. The fourth-order valence-electron chi connectivity index (χ4n) is 2.09. The number of methoxy groups -OCH3 is 2. The molecular weight excluding hydrogens is 300 g/mol. The van der Waals surface area contributed by atoms with Crippen molar-refractivity contribution in [2.45, 2.75) is 91.3 Å². The van der Waals surface area contributed by atoms with Crippen molar-refractivity contribution < 1.29 is 14.3 Å². The third kappa shape index (κ3) is 16.2. The van der Waals surface area contributed by atoms with Crippen LogP contribution in [0.25, 0.3) is 0 Å². The fourth-order valence-corrected chi connectivity index (χ4v) is 2.09. The Morgan fingerprint density at radius 2 is 1.25 bits per heavy atom. The van der Waals surface area contributed by atoms with Gasteiger partial charge >= 0.3 is 0 Å². The molecule has 0 saturated carbocycles. The van der Waals surface area contributed by atoms with Crippen molar-refractivity contribution >= 4 is 6.29 Å². The van der Waals surface area contributed by atoms with Gasteiger partial charge in [0.05, 0.1) is 11.2 Å². The lowest BCUT2D eigenvalue weighted by Gasteiger charge is -2.22. The lowest BCUT2D eigenvalue weighted by molar-refractivity contribution is -0.110. The molecule has 3 heteroatoms. The molecule has 0 saturated heterocycles. The standard InChI is InChI=1S/C11H22O.C10H20O2/c1-6-10(2)8-7-9-11(3,4)12-5;1-9(8-11)6-5-7-10(2,3)12-4/h6,10H,1,7-9H2,2-5H3;8-9H,5-7H2,1-4H3. The first-order valence-corrected chi connectivity index (χ1v) is 9.21. The highest BCUT2D eigenvalue weighted by atomic mass is 16.5. The van der Waals surface area contributed by atoms with Crippen molar-refractivity contribution in [3.05, 3.63) is 12.7 Å². The van der Waals surface area contributed by atoms with Crippen LogP contribution >= 0.6 is 0 Å². The van der Waals surface area contributed by atoms with Gasteiger partial charge in [-0.05, 0) is 65.7 Å². The van der Waals surface area contributed by atoms with Gasteiger partial charge in [0, 0.05) is 20.1 Å². The van der Waals surface area contributed by atoms with Crippen LogP contribution in [0, 0.1) is 11.8 Å². The van der Waals surface area contributed by atoms with E-state index in [4.69, 9.17) is 9.47 Å². The van der Waals surface area contributed by atoms with Gasteiger partial charge in [-0.15, -0.1) is 6.58 Å². The molecule has 0 heterocycles. The van der Waals surface area contributed by atoms with E-state index in [0.29, 0.717) is 5.92 Å². The van der Waals surface area contributed by atoms with Gasteiger partial charge in [0.2, 0.25) is 0 Å². The van der Waals surface area contributed by atoms with E-state index in [2.05, 4.69) is 41.2 Å². The maximum Gasteiger partial charge on any atom is 0.122 e. The summed E-state index contributed by atoms with van der Waals surface area (Å²) in [7, 11) is 3.50. The summed E-state index contributed by atoms with van der Waals surface area (Å²) in [5.41, 5.74) is 0.00347. The molecule has 0 aromatic carbocycles. The summed E-state index contributed by atoms with van der Waals surface area (Å²) in [5, 5.41) is 0. The van der Waals surface area contributed by atoms with Gasteiger partial charge in [0.1, 0.15) is 6.29 Å². The van der Waals surface area contributed by atoms with Crippen LogP contribution in [0.15, 0.2) is 12.7 Å². The number of allylic oxidation sites excluding steroid dienone is 1. The fraction of sp³-hybridized carbons (Fsp3) is 0.857. The first kappa shape index (κ1) is 25.6. The number of hydrogen-bond donors (Lipinski definition) is 0. The highest BCUT2D eigenvalue weighted by Gasteiger charge is 2.16. The van der Waals surface area contributed by atoms with Crippen LogP contribution in [0.2, 0.25) is 0 Å². The summed E-state index contributed by atoms with van der Waals surface area (Å²) >= 11 is 0. The summed E-state index contributed by atoms with van der Waals surface area (Å²) in [5.74, 6) is 0.829. The van der Waals surface area contributed by atoms with E-state index in [0.717, 1.165) is 32.0 Å². The Balaban J connectivity index is 0. The monoisotopic (exact) mass is 342 g/mol. The van der Waals surface area contributed by atoms with Crippen LogP contribution in [0.3, 0.4) is 0 Å². The zero-order valence-corrected chi connectivity index (χ0v) is 17.5. The average molecular weight is 343 g/mol. The van der Waals surface area contributed by atoms with Crippen LogP contribution in [0.1, 0.15) is 80.1 Å². The number of carbonyl (C=O) groups is 1. The molecule has 0 bridgehead atoms. The minimum Gasteiger partial charge on any atom is -0.379 e. The summed E-state index contributed by atoms with van der Waals surface area (Å²) in [4.78, 5) is 10.3. The molecule has 2 unspecified atom stereocenters. The van der Waals surface area contributed by atoms with Gasteiger partial charge in [-0.25, -0.2) is 0 Å². The minimum absolute atomic E-state index is 0.0391. The second-order valence-corrected chi connectivity index (χ2v) is 8.04. The topological polar surface area (TPSA) is 35.5 Å². The van der Waals surface area contributed by atoms with Crippen LogP contribution in [-0.2, 0) is 14.3 Å². The highest BCUT2D eigenvalue weighted by Crippen LogP contribution is 2.19. The summed E-state index contributed by atoms with van der Waals surface area (Å²) in [6.07, 6.45) is 9.63.